The highest BCUT2D eigenvalue weighted by molar-refractivity contribution is 5.50. The zero-order chi connectivity index (χ0) is 12.1. The maximum Gasteiger partial charge on any atom is 0.107 e. The van der Waals surface area contributed by atoms with Crippen molar-refractivity contribution in [2.24, 2.45) is 5.11 Å². The molecule has 0 aliphatic rings. The van der Waals surface area contributed by atoms with Gasteiger partial charge in [-0.15, -0.1) is 0 Å². The average molecular weight is 222 g/mol. The summed E-state index contributed by atoms with van der Waals surface area (Å²) in [7, 11) is 0. The zero-order valence-electron chi connectivity index (χ0n) is 8.91. The lowest BCUT2D eigenvalue weighted by Gasteiger charge is -2.18. The Morgan fingerprint density at radius 1 is 1.50 bits per heavy atom. The van der Waals surface area contributed by atoms with Crippen LogP contribution in [-0.2, 0) is 0 Å². The summed E-state index contributed by atoms with van der Waals surface area (Å²) in [5, 5.41) is 22.5. The molecule has 0 heterocycles. The van der Waals surface area contributed by atoms with Crippen molar-refractivity contribution in [3.63, 3.8) is 0 Å². The molecule has 2 unspecified atom stereocenters. The minimum atomic E-state index is -1.15. The highest BCUT2D eigenvalue weighted by atomic mass is 16.3. The van der Waals surface area contributed by atoms with E-state index in [-0.39, 0.29) is 6.54 Å². The van der Waals surface area contributed by atoms with E-state index < -0.39 is 12.2 Å². The van der Waals surface area contributed by atoms with Gasteiger partial charge in [0.1, 0.15) is 6.10 Å². The minimum Gasteiger partial charge on any atom is -0.398 e. The van der Waals surface area contributed by atoms with Gasteiger partial charge < -0.3 is 15.9 Å². The van der Waals surface area contributed by atoms with Crippen molar-refractivity contribution in [1.82, 2.24) is 0 Å². The molecule has 0 aliphatic heterocycles. The third kappa shape index (κ3) is 2.87. The molecular formula is C10H14N4O2. The number of rotatable bonds is 4. The van der Waals surface area contributed by atoms with Crippen molar-refractivity contribution in [3.05, 3.63) is 39.8 Å². The summed E-state index contributed by atoms with van der Waals surface area (Å²) in [6.07, 6.45) is -2.30. The number of hydrogen-bond acceptors (Lipinski definition) is 4. The fourth-order valence-electron chi connectivity index (χ4n) is 1.39. The fourth-order valence-corrected chi connectivity index (χ4v) is 1.39. The highest BCUT2D eigenvalue weighted by Crippen LogP contribution is 2.24. The summed E-state index contributed by atoms with van der Waals surface area (Å²) in [6, 6.07) is 5.14. The van der Waals surface area contributed by atoms with Gasteiger partial charge in [-0.2, -0.15) is 0 Å². The predicted molar refractivity (Wildman–Crippen MR) is 60.6 cm³/mol. The summed E-state index contributed by atoms with van der Waals surface area (Å²) in [5.74, 6) is 0. The Kier molecular flexibility index (Phi) is 4.13. The van der Waals surface area contributed by atoms with Gasteiger partial charge in [-0.05, 0) is 24.1 Å². The van der Waals surface area contributed by atoms with Crippen LogP contribution in [0, 0.1) is 6.92 Å². The quantitative estimate of drug-likeness (QED) is 0.308. The van der Waals surface area contributed by atoms with E-state index in [1.165, 1.54) is 0 Å². The van der Waals surface area contributed by atoms with Crippen molar-refractivity contribution in [2.75, 3.05) is 12.3 Å². The molecule has 0 aromatic heterocycles. The standard InChI is InChI=1S/C10H14N4O2/c1-6-2-3-7(8(11)4-6)10(16)9(15)5-13-14-12/h2-4,9-10,15-16H,5,11H2,1H3. The first-order valence-corrected chi connectivity index (χ1v) is 4.79. The maximum absolute atomic E-state index is 9.77. The van der Waals surface area contributed by atoms with Crippen LogP contribution in [0.5, 0.6) is 0 Å². The highest BCUT2D eigenvalue weighted by Gasteiger charge is 2.19. The molecule has 0 bridgehead atoms. The van der Waals surface area contributed by atoms with Gasteiger partial charge in [0.05, 0.1) is 12.6 Å². The molecule has 86 valence electrons. The van der Waals surface area contributed by atoms with E-state index in [2.05, 4.69) is 10.0 Å². The van der Waals surface area contributed by atoms with E-state index in [1.807, 2.05) is 6.92 Å². The first-order valence-electron chi connectivity index (χ1n) is 4.79. The van der Waals surface area contributed by atoms with E-state index in [0.717, 1.165) is 5.56 Å². The minimum absolute atomic E-state index is 0.190. The lowest BCUT2D eigenvalue weighted by atomic mass is 10.0. The van der Waals surface area contributed by atoms with Gasteiger partial charge in [0, 0.05) is 16.2 Å². The van der Waals surface area contributed by atoms with Gasteiger partial charge in [0.2, 0.25) is 0 Å². The molecule has 0 saturated carbocycles. The Balaban J connectivity index is 2.86. The molecule has 1 rings (SSSR count). The van der Waals surface area contributed by atoms with Crippen LogP contribution < -0.4 is 5.73 Å². The molecule has 1 aromatic carbocycles. The average Bonchev–Trinajstić information content (AvgIpc) is 2.25. The van der Waals surface area contributed by atoms with Crippen LogP contribution in [0.25, 0.3) is 10.4 Å². The van der Waals surface area contributed by atoms with Gasteiger partial charge >= 0.3 is 0 Å². The summed E-state index contributed by atoms with van der Waals surface area (Å²) >= 11 is 0. The Bertz CT molecular complexity index is 415. The van der Waals surface area contributed by atoms with E-state index in [0.29, 0.717) is 11.3 Å². The third-order valence-corrected chi connectivity index (χ3v) is 2.26. The summed E-state index contributed by atoms with van der Waals surface area (Å²) in [4.78, 5) is 2.51. The zero-order valence-corrected chi connectivity index (χ0v) is 8.91. The molecule has 0 amide bonds. The van der Waals surface area contributed by atoms with Gasteiger partial charge in [-0.25, -0.2) is 0 Å². The molecule has 0 saturated heterocycles. The van der Waals surface area contributed by atoms with E-state index >= 15 is 0 Å². The van der Waals surface area contributed by atoms with Crippen LogP contribution in [0.3, 0.4) is 0 Å². The van der Waals surface area contributed by atoms with Crippen molar-refractivity contribution < 1.29 is 10.2 Å². The van der Waals surface area contributed by atoms with Gasteiger partial charge in [0.25, 0.3) is 0 Å². The fraction of sp³-hybridized carbons (Fsp3) is 0.400. The lowest BCUT2D eigenvalue weighted by Crippen LogP contribution is -2.22. The molecule has 0 spiro atoms. The van der Waals surface area contributed by atoms with Crippen LogP contribution >= 0.6 is 0 Å². The van der Waals surface area contributed by atoms with Crippen molar-refractivity contribution >= 4 is 5.69 Å². The number of aryl methyl sites for hydroxylation is 1. The van der Waals surface area contributed by atoms with Gasteiger partial charge in [0.15, 0.2) is 0 Å². The summed E-state index contributed by atoms with van der Waals surface area (Å²) < 4.78 is 0. The Morgan fingerprint density at radius 2 is 2.19 bits per heavy atom. The van der Waals surface area contributed by atoms with Crippen LogP contribution in [0.2, 0.25) is 0 Å². The number of aliphatic hydroxyl groups excluding tert-OH is 2. The molecule has 0 fully saturated rings. The Labute approximate surface area is 93.0 Å². The molecule has 4 N–H and O–H groups in total. The first-order chi connectivity index (χ1) is 7.56. The normalized spacial score (nSPS) is 13.9. The van der Waals surface area contributed by atoms with E-state index in [4.69, 9.17) is 11.3 Å². The number of aliphatic hydroxyl groups is 2. The summed E-state index contributed by atoms with van der Waals surface area (Å²) in [5.41, 5.74) is 15.6. The molecular weight excluding hydrogens is 208 g/mol. The lowest BCUT2D eigenvalue weighted by molar-refractivity contribution is 0.0248. The van der Waals surface area contributed by atoms with Gasteiger partial charge in [-0.3, -0.25) is 0 Å². The van der Waals surface area contributed by atoms with E-state index in [9.17, 15) is 10.2 Å². The number of nitrogens with zero attached hydrogens (tertiary/aromatic N) is 3. The van der Waals surface area contributed by atoms with Crippen molar-refractivity contribution in [3.8, 4) is 0 Å². The van der Waals surface area contributed by atoms with Crippen molar-refractivity contribution in [2.45, 2.75) is 19.1 Å². The van der Waals surface area contributed by atoms with Gasteiger partial charge in [-0.1, -0.05) is 17.2 Å². The summed E-state index contributed by atoms with van der Waals surface area (Å²) in [6.45, 7) is 1.69. The number of benzene rings is 1. The first kappa shape index (κ1) is 12.3. The number of anilines is 1. The second-order valence-electron chi connectivity index (χ2n) is 3.56. The van der Waals surface area contributed by atoms with Crippen LogP contribution in [0.15, 0.2) is 23.3 Å². The molecule has 0 radical (unpaired) electrons. The number of nitrogen functional groups attached to an aromatic ring is 1. The van der Waals surface area contributed by atoms with E-state index in [1.54, 1.807) is 18.2 Å². The van der Waals surface area contributed by atoms with Crippen LogP contribution in [0.1, 0.15) is 17.2 Å². The SMILES string of the molecule is Cc1ccc(C(O)C(O)CN=[N+]=[N-])c(N)c1. The Hall–Kier alpha value is -1.75. The Morgan fingerprint density at radius 3 is 2.75 bits per heavy atom. The van der Waals surface area contributed by atoms with Crippen LogP contribution in [0.4, 0.5) is 5.69 Å². The molecule has 0 aliphatic carbocycles. The number of hydrogen-bond donors (Lipinski definition) is 3. The van der Waals surface area contributed by atoms with Crippen molar-refractivity contribution in [1.29, 1.82) is 0 Å². The molecule has 2 atom stereocenters. The predicted octanol–water partition coefficient (Wildman–Crippen LogP) is 1.28. The molecule has 6 heteroatoms. The largest absolute Gasteiger partial charge is 0.398 e. The monoisotopic (exact) mass is 222 g/mol. The second-order valence-corrected chi connectivity index (χ2v) is 3.56. The topological polar surface area (TPSA) is 115 Å². The van der Waals surface area contributed by atoms with Crippen LogP contribution in [-0.4, -0.2) is 22.9 Å². The maximum atomic E-state index is 9.77. The number of azide groups is 1. The molecule has 6 nitrogen and oxygen atoms in total. The second kappa shape index (κ2) is 5.37. The third-order valence-electron chi connectivity index (χ3n) is 2.26. The molecule has 1 aromatic rings. The smallest absolute Gasteiger partial charge is 0.107 e. The molecule has 16 heavy (non-hydrogen) atoms. The number of nitrogens with two attached hydrogens (primary N) is 1.